The lowest BCUT2D eigenvalue weighted by Gasteiger charge is -2.24. The zero-order valence-corrected chi connectivity index (χ0v) is 23.0. The van der Waals surface area contributed by atoms with Crippen LogP contribution < -0.4 is 10.3 Å². The standard InChI is InChI=1S/C35H27N3O2S/c39-33(28-16-18-29(19-17-28)36-35(40)34-12-7-23-41-34)22-15-25-13-20-30(21-14-25)38-32(27-10-5-2-6-11-27)24-31(37-38)26-8-3-1-4-9-26/h1-23,32H,24H2,(H,36,40)/b22-15+. The molecule has 2 heterocycles. The van der Waals surface area contributed by atoms with Crippen LogP contribution in [0.15, 0.2) is 138 Å². The summed E-state index contributed by atoms with van der Waals surface area (Å²) in [6.07, 6.45) is 4.21. The van der Waals surface area contributed by atoms with E-state index in [1.165, 1.54) is 16.9 Å². The summed E-state index contributed by atoms with van der Waals surface area (Å²) in [5.41, 5.74) is 6.52. The largest absolute Gasteiger partial charge is 0.321 e. The lowest BCUT2D eigenvalue weighted by Crippen LogP contribution is -2.18. The van der Waals surface area contributed by atoms with Crippen molar-refractivity contribution in [2.75, 3.05) is 10.3 Å². The first-order chi connectivity index (χ1) is 20.1. The smallest absolute Gasteiger partial charge is 0.265 e. The molecule has 5 nitrogen and oxygen atoms in total. The second-order valence-corrected chi connectivity index (χ2v) is 10.6. The van der Waals surface area contributed by atoms with E-state index in [1.54, 1.807) is 36.4 Å². The zero-order valence-electron chi connectivity index (χ0n) is 22.2. The Morgan fingerprint density at radius 3 is 2.20 bits per heavy atom. The molecule has 1 aliphatic heterocycles. The monoisotopic (exact) mass is 553 g/mol. The summed E-state index contributed by atoms with van der Waals surface area (Å²) in [4.78, 5) is 25.7. The van der Waals surface area contributed by atoms with Crippen LogP contribution in [0.1, 0.15) is 49.2 Å². The van der Waals surface area contributed by atoms with E-state index in [9.17, 15) is 9.59 Å². The lowest BCUT2D eigenvalue weighted by molar-refractivity contribution is 0.102. The van der Waals surface area contributed by atoms with Gasteiger partial charge in [0.25, 0.3) is 5.91 Å². The van der Waals surface area contributed by atoms with Crippen molar-refractivity contribution in [3.8, 4) is 0 Å². The average Bonchev–Trinajstić information content (AvgIpc) is 3.73. The minimum absolute atomic E-state index is 0.104. The first kappa shape index (κ1) is 26.2. The van der Waals surface area contributed by atoms with Crippen molar-refractivity contribution in [2.45, 2.75) is 12.5 Å². The van der Waals surface area contributed by atoms with Gasteiger partial charge in [0.2, 0.25) is 0 Å². The van der Waals surface area contributed by atoms with Gasteiger partial charge in [-0.15, -0.1) is 11.3 Å². The Morgan fingerprint density at radius 1 is 0.805 bits per heavy atom. The third kappa shape index (κ3) is 6.08. The van der Waals surface area contributed by atoms with E-state index < -0.39 is 0 Å². The van der Waals surface area contributed by atoms with Crippen LogP contribution >= 0.6 is 11.3 Å². The zero-order chi connectivity index (χ0) is 28.0. The average molecular weight is 554 g/mol. The van der Waals surface area contributed by atoms with Crippen LogP contribution in [-0.4, -0.2) is 17.4 Å². The molecular formula is C35H27N3O2S. The summed E-state index contributed by atoms with van der Waals surface area (Å²) in [7, 11) is 0. The van der Waals surface area contributed by atoms with Crippen LogP contribution in [0, 0.1) is 0 Å². The van der Waals surface area contributed by atoms with Crippen molar-refractivity contribution in [1.29, 1.82) is 0 Å². The normalized spacial score (nSPS) is 14.7. The van der Waals surface area contributed by atoms with Gasteiger partial charge >= 0.3 is 0 Å². The van der Waals surface area contributed by atoms with E-state index in [4.69, 9.17) is 5.10 Å². The number of benzene rings is 4. The molecule has 0 saturated carbocycles. The minimum atomic E-state index is -0.159. The van der Waals surface area contributed by atoms with Gasteiger partial charge in [-0.2, -0.15) is 5.10 Å². The Labute approximate surface area is 243 Å². The number of rotatable bonds is 8. The number of nitrogens with zero attached hydrogens (tertiary/aromatic N) is 2. The van der Waals surface area contributed by atoms with E-state index in [0.717, 1.165) is 28.9 Å². The first-order valence-corrected chi connectivity index (χ1v) is 14.3. The Kier molecular flexibility index (Phi) is 7.65. The Morgan fingerprint density at radius 2 is 1.51 bits per heavy atom. The van der Waals surface area contributed by atoms with Gasteiger partial charge in [-0.05, 0) is 70.6 Å². The van der Waals surface area contributed by atoms with Crippen LogP contribution in [-0.2, 0) is 0 Å². The maximum Gasteiger partial charge on any atom is 0.265 e. The van der Waals surface area contributed by atoms with Crippen LogP contribution in [0.4, 0.5) is 11.4 Å². The quantitative estimate of drug-likeness (QED) is 0.155. The molecular weight excluding hydrogens is 526 g/mol. The highest BCUT2D eigenvalue weighted by Gasteiger charge is 2.29. The van der Waals surface area contributed by atoms with Gasteiger partial charge in [0, 0.05) is 17.7 Å². The number of thiophene rings is 1. The van der Waals surface area contributed by atoms with Crippen LogP contribution in [0.3, 0.4) is 0 Å². The number of amides is 1. The minimum Gasteiger partial charge on any atom is -0.321 e. The summed E-state index contributed by atoms with van der Waals surface area (Å²) < 4.78 is 0. The number of hydrogen-bond donors (Lipinski definition) is 1. The molecule has 200 valence electrons. The van der Waals surface area contributed by atoms with Crippen LogP contribution in [0.5, 0.6) is 0 Å². The second-order valence-electron chi connectivity index (χ2n) is 9.69. The highest BCUT2D eigenvalue weighted by molar-refractivity contribution is 7.12. The third-order valence-corrected chi connectivity index (χ3v) is 7.83. The molecule has 6 heteroatoms. The molecule has 4 aromatic carbocycles. The highest BCUT2D eigenvalue weighted by atomic mass is 32.1. The summed E-state index contributed by atoms with van der Waals surface area (Å²) in [6.45, 7) is 0. The molecule has 0 saturated heterocycles. The number of carbonyl (C=O) groups excluding carboxylic acids is 2. The van der Waals surface area contributed by atoms with E-state index >= 15 is 0 Å². The predicted octanol–water partition coefficient (Wildman–Crippen LogP) is 8.25. The Hall–Kier alpha value is -5.07. The molecule has 41 heavy (non-hydrogen) atoms. The maximum atomic E-state index is 12.8. The molecule has 5 aromatic rings. The molecule has 1 amide bonds. The number of carbonyl (C=O) groups is 2. The number of ketones is 1. The summed E-state index contributed by atoms with van der Waals surface area (Å²) >= 11 is 1.38. The van der Waals surface area contributed by atoms with Crippen molar-refractivity contribution in [1.82, 2.24) is 0 Å². The molecule has 0 bridgehead atoms. The van der Waals surface area contributed by atoms with Crippen molar-refractivity contribution < 1.29 is 9.59 Å². The van der Waals surface area contributed by atoms with Crippen LogP contribution in [0.2, 0.25) is 0 Å². The summed E-state index contributed by atoms with van der Waals surface area (Å²) in [6, 6.07) is 39.5. The van der Waals surface area contributed by atoms with Crippen LogP contribution in [0.25, 0.3) is 6.08 Å². The molecule has 1 unspecified atom stereocenters. The number of hydrazone groups is 1. The fourth-order valence-electron chi connectivity index (χ4n) is 4.81. The fourth-order valence-corrected chi connectivity index (χ4v) is 5.43. The molecule has 0 fully saturated rings. The SMILES string of the molecule is O=C(/C=C/c1ccc(N2N=C(c3ccccc3)CC2c2ccccc2)cc1)c1ccc(NC(=O)c2cccs2)cc1. The third-order valence-electron chi connectivity index (χ3n) is 6.96. The van der Waals surface area contributed by atoms with Gasteiger partial charge in [-0.1, -0.05) is 84.9 Å². The van der Waals surface area contributed by atoms with E-state index in [1.807, 2.05) is 66.1 Å². The topological polar surface area (TPSA) is 61.8 Å². The molecule has 1 aliphatic rings. The molecule has 1 aromatic heterocycles. The molecule has 0 spiro atoms. The van der Waals surface area contributed by atoms with Gasteiger partial charge in [-0.25, -0.2) is 0 Å². The predicted molar refractivity (Wildman–Crippen MR) is 168 cm³/mol. The Bertz CT molecular complexity index is 1690. The Balaban J connectivity index is 1.15. The van der Waals surface area contributed by atoms with Gasteiger partial charge in [0.05, 0.1) is 22.3 Å². The molecule has 1 N–H and O–H groups in total. The van der Waals surface area contributed by atoms with Gasteiger partial charge in [-0.3, -0.25) is 14.6 Å². The number of nitrogens with one attached hydrogen (secondary N) is 1. The summed E-state index contributed by atoms with van der Waals surface area (Å²) in [5, 5.41) is 11.8. The lowest BCUT2D eigenvalue weighted by atomic mass is 9.98. The highest BCUT2D eigenvalue weighted by Crippen LogP contribution is 2.36. The van der Waals surface area contributed by atoms with Crippen molar-refractivity contribution in [3.05, 3.63) is 160 Å². The number of anilines is 2. The second kappa shape index (κ2) is 12.0. The number of allylic oxidation sites excluding steroid dienone is 1. The molecule has 0 radical (unpaired) electrons. The van der Waals surface area contributed by atoms with Gasteiger partial charge in [0.15, 0.2) is 5.78 Å². The van der Waals surface area contributed by atoms with E-state index in [2.05, 4.69) is 46.7 Å². The van der Waals surface area contributed by atoms with Crippen molar-refractivity contribution in [2.24, 2.45) is 5.10 Å². The maximum absolute atomic E-state index is 12.8. The summed E-state index contributed by atoms with van der Waals surface area (Å²) in [5.74, 6) is -0.264. The van der Waals surface area contributed by atoms with E-state index in [-0.39, 0.29) is 17.7 Å². The first-order valence-electron chi connectivity index (χ1n) is 13.4. The van der Waals surface area contributed by atoms with E-state index in [0.29, 0.717) is 16.1 Å². The molecule has 1 atom stereocenters. The van der Waals surface area contributed by atoms with Crippen molar-refractivity contribution in [3.63, 3.8) is 0 Å². The molecule has 0 aliphatic carbocycles. The van der Waals surface area contributed by atoms with Crippen molar-refractivity contribution >= 4 is 46.2 Å². The fraction of sp³-hybridized carbons (Fsp3) is 0.0571. The number of hydrogen-bond acceptors (Lipinski definition) is 5. The van der Waals surface area contributed by atoms with Gasteiger partial charge < -0.3 is 5.32 Å². The van der Waals surface area contributed by atoms with Gasteiger partial charge in [0.1, 0.15) is 0 Å². The molecule has 6 rings (SSSR count).